The number of hydrogen-bond acceptors (Lipinski definition) is 0. The van der Waals surface area contributed by atoms with Crippen molar-refractivity contribution in [3.63, 3.8) is 0 Å². The maximum atomic E-state index is 3.97. The van der Waals surface area contributed by atoms with Crippen molar-refractivity contribution in [2.24, 2.45) is 17.3 Å². The van der Waals surface area contributed by atoms with Crippen molar-refractivity contribution >= 4 is 15.9 Å². The molecule has 0 N–H and O–H groups in total. The quantitative estimate of drug-likeness (QED) is 0.587. The van der Waals surface area contributed by atoms with Crippen molar-refractivity contribution in [3.05, 3.63) is 34.9 Å². The van der Waals surface area contributed by atoms with Gasteiger partial charge >= 0.3 is 0 Å². The maximum absolute atomic E-state index is 3.97. The highest BCUT2D eigenvalue weighted by atomic mass is 79.9. The Morgan fingerprint density at radius 1 is 1.15 bits per heavy atom. The van der Waals surface area contributed by atoms with E-state index in [0.717, 1.165) is 11.8 Å². The van der Waals surface area contributed by atoms with Crippen molar-refractivity contribution in [2.45, 2.75) is 65.1 Å². The summed E-state index contributed by atoms with van der Waals surface area (Å²) in [6, 6.07) is 6.97. The largest absolute Gasteiger partial charge is 0.0887 e. The molecule has 3 atom stereocenters. The van der Waals surface area contributed by atoms with E-state index in [-0.39, 0.29) is 0 Å². The summed E-state index contributed by atoms with van der Waals surface area (Å²) in [5.41, 5.74) is 4.69. The molecule has 0 aromatic heterocycles. The lowest BCUT2D eigenvalue weighted by Crippen LogP contribution is -2.37. The summed E-state index contributed by atoms with van der Waals surface area (Å²) in [4.78, 5) is 0.688. The van der Waals surface area contributed by atoms with Gasteiger partial charge in [0.25, 0.3) is 0 Å². The predicted molar refractivity (Wildman–Crippen MR) is 92.6 cm³/mol. The second-order valence-electron chi connectivity index (χ2n) is 7.62. The van der Waals surface area contributed by atoms with Gasteiger partial charge in [-0.25, -0.2) is 0 Å². The highest BCUT2D eigenvalue weighted by Crippen LogP contribution is 2.45. The summed E-state index contributed by atoms with van der Waals surface area (Å²) >= 11 is 3.97. The zero-order valence-corrected chi connectivity index (χ0v) is 15.3. The molecule has 0 aliphatic heterocycles. The SMILES string of the molecule is Cc1ccc(CC(C)(C)C2CCC(C)CC2Br)cc1C. The van der Waals surface area contributed by atoms with Crippen LogP contribution in [-0.4, -0.2) is 4.83 Å². The topological polar surface area (TPSA) is 0 Å². The Labute approximate surface area is 133 Å². The molecular weight excluding hydrogens is 308 g/mol. The van der Waals surface area contributed by atoms with E-state index in [1.165, 1.54) is 42.4 Å². The Kier molecular flexibility index (Phi) is 5.00. The van der Waals surface area contributed by atoms with Gasteiger partial charge in [-0.15, -0.1) is 0 Å². The molecular formula is C19H29Br. The molecule has 0 nitrogen and oxygen atoms in total. The van der Waals surface area contributed by atoms with Gasteiger partial charge in [-0.1, -0.05) is 61.3 Å². The standard InChI is InChI=1S/C19H29Br/c1-13-6-9-17(18(20)10-13)19(4,5)12-16-8-7-14(2)15(3)11-16/h7-8,11,13,17-18H,6,9-10,12H2,1-5H3. The molecule has 20 heavy (non-hydrogen) atoms. The molecule has 0 amide bonds. The molecule has 0 bridgehead atoms. The molecule has 0 saturated heterocycles. The first-order chi connectivity index (χ1) is 9.29. The molecule has 1 aliphatic rings. The Morgan fingerprint density at radius 3 is 2.45 bits per heavy atom. The Balaban J connectivity index is 2.11. The van der Waals surface area contributed by atoms with E-state index in [0.29, 0.717) is 10.2 Å². The molecule has 112 valence electrons. The molecule has 1 aromatic rings. The molecule has 1 fully saturated rings. The molecule has 3 unspecified atom stereocenters. The highest BCUT2D eigenvalue weighted by Gasteiger charge is 2.37. The molecule has 1 heteroatoms. The lowest BCUT2D eigenvalue weighted by Gasteiger charge is -2.42. The summed E-state index contributed by atoms with van der Waals surface area (Å²) in [6.07, 6.45) is 5.29. The summed E-state index contributed by atoms with van der Waals surface area (Å²) in [6.45, 7) is 11.7. The van der Waals surface area contributed by atoms with Crippen LogP contribution in [-0.2, 0) is 6.42 Å². The molecule has 1 saturated carbocycles. The Morgan fingerprint density at radius 2 is 1.85 bits per heavy atom. The van der Waals surface area contributed by atoms with E-state index in [9.17, 15) is 0 Å². The van der Waals surface area contributed by atoms with Gasteiger partial charge in [-0.05, 0) is 67.1 Å². The van der Waals surface area contributed by atoms with E-state index in [2.05, 4.69) is 68.7 Å². The zero-order chi connectivity index (χ0) is 14.9. The zero-order valence-electron chi connectivity index (χ0n) is 13.7. The lowest BCUT2D eigenvalue weighted by molar-refractivity contribution is 0.147. The minimum atomic E-state index is 0.371. The van der Waals surface area contributed by atoms with Crippen LogP contribution in [0.1, 0.15) is 56.7 Å². The monoisotopic (exact) mass is 336 g/mol. The van der Waals surface area contributed by atoms with Crippen molar-refractivity contribution in [1.29, 1.82) is 0 Å². The van der Waals surface area contributed by atoms with Crippen LogP contribution in [0.5, 0.6) is 0 Å². The van der Waals surface area contributed by atoms with Crippen molar-refractivity contribution < 1.29 is 0 Å². The van der Waals surface area contributed by atoms with Crippen molar-refractivity contribution in [3.8, 4) is 0 Å². The van der Waals surface area contributed by atoms with E-state index in [1.807, 2.05) is 0 Å². The minimum Gasteiger partial charge on any atom is -0.0887 e. The van der Waals surface area contributed by atoms with E-state index >= 15 is 0 Å². The number of rotatable bonds is 3. The number of alkyl halides is 1. The van der Waals surface area contributed by atoms with Crippen molar-refractivity contribution in [1.82, 2.24) is 0 Å². The fourth-order valence-electron chi connectivity index (χ4n) is 3.76. The number of halogens is 1. The minimum absolute atomic E-state index is 0.371. The fourth-order valence-corrected chi connectivity index (χ4v) is 5.38. The first-order valence-corrected chi connectivity index (χ1v) is 8.91. The predicted octanol–water partition coefficient (Wildman–Crippen LogP) is 6.07. The van der Waals surface area contributed by atoms with Gasteiger partial charge in [-0.2, -0.15) is 0 Å². The van der Waals surface area contributed by atoms with E-state index < -0.39 is 0 Å². The molecule has 1 aromatic carbocycles. The summed E-state index contributed by atoms with van der Waals surface area (Å²) in [7, 11) is 0. The van der Waals surface area contributed by atoms with E-state index in [1.54, 1.807) is 0 Å². The van der Waals surface area contributed by atoms with Crippen LogP contribution < -0.4 is 0 Å². The Bertz CT molecular complexity index is 461. The van der Waals surface area contributed by atoms with Crippen LogP contribution >= 0.6 is 15.9 Å². The molecule has 0 spiro atoms. The summed E-state index contributed by atoms with van der Waals surface area (Å²) < 4.78 is 0. The molecule has 2 rings (SSSR count). The first-order valence-electron chi connectivity index (χ1n) is 8.00. The van der Waals surface area contributed by atoms with Gasteiger partial charge in [0.05, 0.1) is 0 Å². The maximum Gasteiger partial charge on any atom is 0.0181 e. The van der Waals surface area contributed by atoms with Crippen LogP contribution in [0.25, 0.3) is 0 Å². The third-order valence-corrected chi connectivity index (χ3v) is 6.28. The van der Waals surface area contributed by atoms with Crippen LogP contribution in [0.3, 0.4) is 0 Å². The number of hydrogen-bond donors (Lipinski definition) is 0. The number of aryl methyl sites for hydroxylation is 2. The van der Waals surface area contributed by atoms with Gasteiger partial charge < -0.3 is 0 Å². The average molecular weight is 337 g/mol. The van der Waals surface area contributed by atoms with E-state index in [4.69, 9.17) is 0 Å². The second kappa shape index (κ2) is 6.22. The number of benzene rings is 1. The molecule has 0 heterocycles. The summed E-state index contributed by atoms with van der Waals surface area (Å²) in [5, 5.41) is 0. The average Bonchev–Trinajstić information content (AvgIpc) is 2.33. The van der Waals surface area contributed by atoms with Gasteiger partial charge in [0.15, 0.2) is 0 Å². The normalized spacial score (nSPS) is 27.6. The van der Waals surface area contributed by atoms with Crippen molar-refractivity contribution in [2.75, 3.05) is 0 Å². The molecule has 0 radical (unpaired) electrons. The second-order valence-corrected chi connectivity index (χ2v) is 8.80. The van der Waals surface area contributed by atoms with Crippen LogP contribution in [0, 0.1) is 31.1 Å². The van der Waals surface area contributed by atoms with Gasteiger partial charge in [0, 0.05) is 4.83 Å². The third-order valence-electron chi connectivity index (χ3n) is 5.27. The summed E-state index contributed by atoms with van der Waals surface area (Å²) in [5.74, 6) is 1.67. The first kappa shape index (κ1) is 16.1. The van der Waals surface area contributed by atoms with Gasteiger partial charge in [0.2, 0.25) is 0 Å². The van der Waals surface area contributed by atoms with Gasteiger partial charge in [0.1, 0.15) is 0 Å². The Hall–Kier alpha value is -0.300. The lowest BCUT2D eigenvalue weighted by atomic mass is 9.66. The smallest absolute Gasteiger partial charge is 0.0181 e. The highest BCUT2D eigenvalue weighted by molar-refractivity contribution is 9.09. The fraction of sp³-hybridized carbons (Fsp3) is 0.684. The van der Waals surface area contributed by atoms with Gasteiger partial charge in [-0.3, -0.25) is 0 Å². The molecule has 1 aliphatic carbocycles. The van der Waals surface area contributed by atoms with Crippen LogP contribution in [0.4, 0.5) is 0 Å². The van der Waals surface area contributed by atoms with Crippen LogP contribution in [0.2, 0.25) is 0 Å². The third kappa shape index (κ3) is 3.67. The van der Waals surface area contributed by atoms with Crippen LogP contribution in [0.15, 0.2) is 18.2 Å².